The molecule has 1 aromatic rings. The lowest BCUT2D eigenvalue weighted by molar-refractivity contribution is -0.149. The molecule has 2 unspecified atom stereocenters. The predicted octanol–water partition coefficient (Wildman–Crippen LogP) is 3.25. The van der Waals surface area contributed by atoms with E-state index in [1.807, 2.05) is 49.9 Å². The lowest BCUT2D eigenvalue weighted by Crippen LogP contribution is -2.37. The summed E-state index contributed by atoms with van der Waals surface area (Å²) in [6.45, 7) is 9.53. The van der Waals surface area contributed by atoms with Crippen LogP contribution in [0.25, 0.3) is 0 Å². The van der Waals surface area contributed by atoms with Crippen molar-refractivity contribution in [3.8, 4) is 11.8 Å². The maximum absolute atomic E-state index is 12.7. The van der Waals surface area contributed by atoms with Gasteiger partial charge in [0.25, 0.3) is 5.91 Å². The first-order chi connectivity index (χ1) is 14.4. The SMILES string of the molecule is CCOC(=O)C1CCCN(/C=C(/C#N)C(=O)NC(C)c2cc(C)ccc2OCC)C1. The van der Waals surface area contributed by atoms with E-state index in [-0.39, 0.29) is 23.5 Å². The lowest BCUT2D eigenvalue weighted by atomic mass is 9.98. The van der Waals surface area contributed by atoms with Crippen LogP contribution in [0.2, 0.25) is 0 Å². The third-order valence-corrected chi connectivity index (χ3v) is 5.03. The molecule has 1 amide bonds. The Morgan fingerprint density at radius 3 is 2.80 bits per heavy atom. The normalized spacial score (nSPS) is 17.6. The van der Waals surface area contributed by atoms with E-state index >= 15 is 0 Å². The van der Waals surface area contributed by atoms with Crippen molar-refractivity contribution in [2.24, 2.45) is 5.92 Å². The number of nitrogens with zero attached hydrogens (tertiary/aromatic N) is 2. The smallest absolute Gasteiger partial charge is 0.310 e. The number of piperidine rings is 1. The van der Waals surface area contributed by atoms with Crippen LogP contribution in [-0.4, -0.2) is 43.1 Å². The number of ether oxygens (including phenoxy) is 2. The molecule has 0 aromatic heterocycles. The van der Waals surface area contributed by atoms with Crippen molar-refractivity contribution in [1.29, 1.82) is 5.26 Å². The number of carbonyl (C=O) groups is 2. The van der Waals surface area contributed by atoms with E-state index in [2.05, 4.69) is 5.32 Å². The van der Waals surface area contributed by atoms with Crippen LogP contribution in [0.15, 0.2) is 30.0 Å². The highest BCUT2D eigenvalue weighted by atomic mass is 16.5. The molecule has 7 heteroatoms. The summed E-state index contributed by atoms with van der Waals surface area (Å²) < 4.78 is 10.8. The van der Waals surface area contributed by atoms with Crippen molar-refractivity contribution in [3.05, 3.63) is 41.1 Å². The van der Waals surface area contributed by atoms with Crippen molar-refractivity contribution in [2.45, 2.75) is 46.6 Å². The van der Waals surface area contributed by atoms with Gasteiger partial charge in [-0.05, 0) is 46.6 Å². The second kappa shape index (κ2) is 11.2. The zero-order valence-electron chi connectivity index (χ0n) is 18.2. The highest BCUT2D eigenvalue weighted by molar-refractivity contribution is 5.97. The van der Waals surface area contributed by atoms with Crippen LogP contribution < -0.4 is 10.1 Å². The molecule has 1 saturated heterocycles. The van der Waals surface area contributed by atoms with Crippen LogP contribution in [-0.2, 0) is 14.3 Å². The lowest BCUT2D eigenvalue weighted by Gasteiger charge is -2.30. The highest BCUT2D eigenvalue weighted by Crippen LogP contribution is 2.27. The zero-order chi connectivity index (χ0) is 22.1. The Labute approximate surface area is 178 Å². The number of esters is 1. The van der Waals surface area contributed by atoms with E-state index in [4.69, 9.17) is 9.47 Å². The van der Waals surface area contributed by atoms with Crippen LogP contribution in [0.5, 0.6) is 5.75 Å². The number of rotatable bonds is 8. The predicted molar refractivity (Wildman–Crippen MR) is 114 cm³/mol. The fourth-order valence-electron chi connectivity index (χ4n) is 3.54. The van der Waals surface area contributed by atoms with Gasteiger partial charge in [0.05, 0.1) is 25.2 Å². The summed E-state index contributed by atoms with van der Waals surface area (Å²) >= 11 is 0. The van der Waals surface area contributed by atoms with Gasteiger partial charge in [0, 0.05) is 24.9 Å². The average molecular weight is 414 g/mol. The monoisotopic (exact) mass is 413 g/mol. The van der Waals surface area contributed by atoms with Crippen LogP contribution in [0, 0.1) is 24.2 Å². The van der Waals surface area contributed by atoms with E-state index in [9.17, 15) is 14.9 Å². The van der Waals surface area contributed by atoms with Gasteiger partial charge in [-0.1, -0.05) is 17.7 Å². The van der Waals surface area contributed by atoms with Crippen molar-refractivity contribution in [2.75, 3.05) is 26.3 Å². The minimum absolute atomic E-state index is 0.0111. The Morgan fingerprint density at radius 1 is 1.37 bits per heavy atom. The minimum Gasteiger partial charge on any atom is -0.494 e. The Balaban J connectivity index is 2.10. The molecule has 1 fully saturated rings. The molecule has 1 aromatic carbocycles. The molecule has 2 atom stereocenters. The minimum atomic E-state index is -0.452. The third-order valence-electron chi connectivity index (χ3n) is 5.03. The molecular formula is C23H31N3O4. The van der Waals surface area contributed by atoms with Gasteiger partial charge in [0.2, 0.25) is 0 Å². The van der Waals surface area contributed by atoms with Crippen molar-refractivity contribution in [3.63, 3.8) is 0 Å². The maximum Gasteiger partial charge on any atom is 0.310 e. The average Bonchev–Trinajstić information content (AvgIpc) is 2.73. The van der Waals surface area contributed by atoms with E-state index in [1.54, 1.807) is 13.1 Å². The second-order valence-corrected chi connectivity index (χ2v) is 7.41. The molecule has 1 heterocycles. The first-order valence-electron chi connectivity index (χ1n) is 10.5. The third kappa shape index (κ3) is 6.24. The molecule has 162 valence electrons. The first-order valence-corrected chi connectivity index (χ1v) is 10.5. The number of carbonyl (C=O) groups excluding carboxylic acids is 2. The summed E-state index contributed by atoms with van der Waals surface area (Å²) in [5.41, 5.74) is 1.93. The van der Waals surface area contributed by atoms with Gasteiger partial charge in [-0.2, -0.15) is 5.26 Å². The number of nitrogens with one attached hydrogen (secondary N) is 1. The van der Waals surface area contributed by atoms with Crippen molar-refractivity contribution in [1.82, 2.24) is 10.2 Å². The van der Waals surface area contributed by atoms with Gasteiger partial charge in [-0.15, -0.1) is 0 Å². The van der Waals surface area contributed by atoms with Crippen LogP contribution in [0.3, 0.4) is 0 Å². The molecule has 30 heavy (non-hydrogen) atoms. The molecule has 2 rings (SSSR count). The summed E-state index contributed by atoms with van der Waals surface area (Å²) in [5.74, 6) is -0.202. The fourth-order valence-corrected chi connectivity index (χ4v) is 3.54. The summed E-state index contributed by atoms with van der Waals surface area (Å²) in [6, 6.07) is 7.48. The first kappa shape index (κ1) is 23.3. The summed E-state index contributed by atoms with van der Waals surface area (Å²) in [7, 11) is 0. The summed E-state index contributed by atoms with van der Waals surface area (Å²) in [4.78, 5) is 26.6. The van der Waals surface area contributed by atoms with E-state index < -0.39 is 5.91 Å². The molecule has 7 nitrogen and oxygen atoms in total. The number of nitriles is 1. The fraction of sp³-hybridized carbons (Fsp3) is 0.522. The zero-order valence-corrected chi connectivity index (χ0v) is 18.2. The van der Waals surface area contributed by atoms with Crippen molar-refractivity contribution >= 4 is 11.9 Å². The Bertz CT molecular complexity index is 828. The number of likely N-dealkylation sites (tertiary alicyclic amines) is 1. The van der Waals surface area contributed by atoms with Crippen molar-refractivity contribution < 1.29 is 19.1 Å². The Morgan fingerprint density at radius 2 is 2.13 bits per heavy atom. The largest absolute Gasteiger partial charge is 0.494 e. The molecule has 0 saturated carbocycles. The quantitative estimate of drug-likeness (QED) is 0.400. The van der Waals surface area contributed by atoms with E-state index in [0.717, 1.165) is 24.0 Å². The topological polar surface area (TPSA) is 91.7 Å². The molecule has 1 aliphatic rings. The highest BCUT2D eigenvalue weighted by Gasteiger charge is 2.26. The Hall–Kier alpha value is -3.01. The summed E-state index contributed by atoms with van der Waals surface area (Å²) in [5, 5.41) is 12.4. The van der Waals surface area contributed by atoms with Gasteiger partial charge >= 0.3 is 5.97 Å². The Kier molecular flexibility index (Phi) is 8.72. The van der Waals surface area contributed by atoms with E-state index in [1.165, 1.54) is 0 Å². The van der Waals surface area contributed by atoms with E-state index in [0.29, 0.717) is 32.1 Å². The number of amides is 1. The van der Waals surface area contributed by atoms with Crippen LogP contribution in [0.1, 0.15) is 50.8 Å². The molecule has 0 radical (unpaired) electrons. The molecule has 0 aliphatic carbocycles. The standard InChI is InChI=1S/C23H31N3O4/c1-5-29-21-10-9-16(3)12-20(21)17(4)25-22(27)19(13-24)15-26-11-7-8-18(14-26)23(28)30-6-2/h9-10,12,15,17-18H,5-8,11,14H2,1-4H3,(H,25,27)/b19-15-. The molecule has 0 spiro atoms. The maximum atomic E-state index is 12.7. The number of hydrogen-bond acceptors (Lipinski definition) is 6. The van der Waals surface area contributed by atoms with Gasteiger partial charge in [-0.3, -0.25) is 9.59 Å². The van der Waals surface area contributed by atoms with Crippen LogP contribution >= 0.6 is 0 Å². The number of hydrogen-bond donors (Lipinski definition) is 1. The molecule has 0 bridgehead atoms. The number of aryl methyl sites for hydroxylation is 1. The summed E-state index contributed by atoms with van der Waals surface area (Å²) in [6.07, 6.45) is 3.10. The molecule has 1 N–H and O–H groups in total. The van der Waals surface area contributed by atoms with Gasteiger partial charge in [-0.25, -0.2) is 0 Å². The van der Waals surface area contributed by atoms with Gasteiger partial charge in [0.15, 0.2) is 0 Å². The second-order valence-electron chi connectivity index (χ2n) is 7.41. The van der Waals surface area contributed by atoms with Gasteiger partial charge in [0.1, 0.15) is 17.4 Å². The molecule has 1 aliphatic heterocycles. The molecular weight excluding hydrogens is 382 g/mol. The van der Waals surface area contributed by atoms with Gasteiger partial charge < -0.3 is 19.7 Å². The van der Waals surface area contributed by atoms with Crippen LogP contribution in [0.4, 0.5) is 0 Å². The number of benzene rings is 1.